The first-order chi connectivity index (χ1) is 9.31. The first-order valence-corrected chi connectivity index (χ1v) is 6.74. The van der Waals surface area contributed by atoms with Gasteiger partial charge in [-0.25, -0.2) is 4.98 Å². The summed E-state index contributed by atoms with van der Waals surface area (Å²) < 4.78 is 0. The van der Waals surface area contributed by atoms with Gasteiger partial charge in [-0.05, 0) is 29.8 Å². The Hall–Kier alpha value is -2.40. The van der Waals surface area contributed by atoms with Crippen LogP contribution in [0, 0.1) is 0 Å². The second-order valence-corrected chi connectivity index (χ2v) is 5.19. The second kappa shape index (κ2) is 3.80. The molecule has 2 N–H and O–H groups in total. The van der Waals surface area contributed by atoms with Gasteiger partial charge >= 0.3 is 4.87 Å². The van der Waals surface area contributed by atoms with E-state index in [2.05, 4.69) is 21.0 Å². The van der Waals surface area contributed by atoms with Crippen LogP contribution in [0.15, 0.2) is 46.7 Å². The first kappa shape index (κ1) is 10.5. The van der Waals surface area contributed by atoms with E-state index in [1.54, 1.807) is 6.20 Å². The minimum Gasteiger partial charge on any atom is -0.339 e. The van der Waals surface area contributed by atoms with Crippen LogP contribution in [-0.4, -0.2) is 15.0 Å². The molecule has 0 fully saturated rings. The lowest BCUT2D eigenvalue weighted by molar-refractivity contribution is 1.34. The second-order valence-electron chi connectivity index (χ2n) is 4.35. The van der Waals surface area contributed by atoms with E-state index in [0.717, 1.165) is 33.2 Å². The molecule has 0 atom stereocenters. The number of hydrogen-bond acceptors (Lipinski definition) is 3. The zero-order valence-electron chi connectivity index (χ0n) is 9.81. The number of aromatic amines is 2. The molecular weight excluding hydrogens is 258 g/mol. The molecule has 0 aliphatic rings. The highest BCUT2D eigenvalue weighted by Gasteiger charge is 2.07. The van der Waals surface area contributed by atoms with E-state index in [-0.39, 0.29) is 4.87 Å². The van der Waals surface area contributed by atoms with Crippen LogP contribution < -0.4 is 4.87 Å². The molecule has 0 unspecified atom stereocenters. The predicted octanol–water partition coefficient (Wildman–Crippen LogP) is 3.13. The van der Waals surface area contributed by atoms with Crippen molar-refractivity contribution in [2.75, 3.05) is 0 Å². The van der Waals surface area contributed by atoms with Crippen molar-refractivity contribution in [1.82, 2.24) is 15.0 Å². The van der Waals surface area contributed by atoms with Gasteiger partial charge in [0.15, 0.2) is 0 Å². The number of pyridine rings is 1. The zero-order chi connectivity index (χ0) is 12.8. The highest BCUT2D eigenvalue weighted by molar-refractivity contribution is 7.07. The number of thiazole rings is 1. The number of hydrogen-bond donors (Lipinski definition) is 2. The molecule has 0 aliphatic carbocycles. The van der Waals surface area contributed by atoms with Gasteiger partial charge in [-0.3, -0.25) is 4.79 Å². The van der Waals surface area contributed by atoms with Crippen molar-refractivity contribution in [3.05, 3.63) is 51.6 Å². The predicted molar refractivity (Wildman–Crippen MR) is 77.5 cm³/mol. The van der Waals surface area contributed by atoms with Crippen molar-refractivity contribution < 1.29 is 0 Å². The van der Waals surface area contributed by atoms with Crippen molar-refractivity contribution in [3.8, 4) is 11.3 Å². The van der Waals surface area contributed by atoms with Crippen LogP contribution >= 0.6 is 11.3 Å². The molecule has 4 rings (SSSR count). The number of rotatable bonds is 1. The Labute approximate surface area is 111 Å². The SMILES string of the molecule is O=c1[nH]c(-c2ccc3[nH]c4ncccc4c3c2)cs1. The number of fused-ring (bicyclic) bond motifs is 3. The zero-order valence-corrected chi connectivity index (χ0v) is 10.6. The normalized spacial score (nSPS) is 11.4. The first-order valence-electron chi connectivity index (χ1n) is 5.86. The summed E-state index contributed by atoms with van der Waals surface area (Å²) in [6, 6.07) is 10.1. The number of H-pyrrole nitrogens is 2. The van der Waals surface area contributed by atoms with E-state index in [9.17, 15) is 4.79 Å². The Bertz CT molecular complexity index is 948. The lowest BCUT2D eigenvalue weighted by Gasteiger charge is -1.97. The van der Waals surface area contributed by atoms with Gasteiger partial charge in [0.05, 0.1) is 5.69 Å². The Morgan fingerprint density at radius 3 is 2.89 bits per heavy atom. The van der Waals surface area contributed by atoms with E-state index < -0.39 is 0 Å². The third-order valence-corrected chi connectivity index (χ3v) is 3.87. The molecule has 4 nitrogen and oxygen atoms in total. The number of nitrogens with one attached hydrogen (secondary N) is 2. The van der Waals surface area contributed by atoms with E-state index >= 15 is 0 Å². The molecule has 3 heterocycles. The van der Waals surface area contributed by atoms with Crippen LogP contribution in [0.2, 0.25) is 0 Å². The van der Waals surface area contributed by atoms with Crippen molar-refractivity contribution in [3.63, 3.8) is 0 Å². The molecule has 0 saturated heterocycles. The van der Waals surface area contributed by atoms with E-state index in [0.29, 0.717) is 0 Å². The summed E-state index contributed by atoms with van der Waals surface area (Å²) in [5.74, 6) is 0. The molecule has 5 heteroatoms. The van der Waals surface area contributed by atoms with Crippen molar-refractivity contribution in [2.24, 2.45) is 0 Å². The smallest absolute Gasteiger partial charge is 0.304 e. The van der Waals surface area contributed by atoms with Crippen LogP contribution in [0.4, 0.5) is 0 Å². The Morgan fingerprint density at radius 1 is 1.11 bits per heavy atom. The average molecular weight is 267 g/mol. The van der Waals surface area contributed by atoms with Crippen molar-refractivity contribution in [2.45, 2.75) is 0 Å². The molecular formula is C14H9N3OS. The summed E-state index contributed by atoms with van der Waals surface area (Å²) >= 11 is 1.18. The molecule has 4 aromatic rings. The topological polar surface area (TPSA) is 61.5 Å². The molecule has 1 aromatic carbocycles. The quantitative estimate of drug-likeness (QED) is 0.556. The molecule has 0 aliphatic heterocycles. The summed E-state index contributed by atoms with van der Waals surface area (Å²) in [6.45, 7) is 0. The number of aromatic nitrogens is 3. The number of nitrogens with zero attached hydrogens (tertiary/aromatic N) is 1. The maximum Gasteiger partial charge on any atom is 0.304 e. The maximum atomic E-state index is 11.2. The molecule has 0 radical (unpaired) electrons. The Balaban J connectivity index is 2.04. The third kappa shape index (κ3) is 1.59. The van der Waals surface area contributed by atoms with Gasteiger partial charge in [-0.15, -0.1) is 0 Å². The van der Waals surface area contributed by atoms with Crippen LogP contribution in [0.5, 0.6) is 0 Å². The lowest BCUT2D eigenvalue weighted by atomic mass is 10.1. The average Bonchev–Trinajstić information content (AvgIpc) is 3.01. The van der Waals surface area contributed by atoms with Gasteiger partial charge in [0.25, 0.3) is 0 Å². The molecule has 0 saturated carbocycles. The van der Waals surface area contributed by atoms with Crippen molar-refractivity contribution in [1.29, 1.82) is 0 Å². The van der Waals surface area contributed by atoms with Gasteiger partial charge < -0.3 is 9.97 Å². The summed E-state index contributed by atoms with van der Waals surface area (Å²) in [4.78, 5) is 21.6. The standard InChI is InChI=1S/C14H9N3OS/c18-14-17-12(7-19-14)8-3-4-11-10(6-8)9-2-1-5-15-13(9)16-11/h1-7H,(H,15,16)(H,17,18). The van der Waals surface area contributed by atoms with Gasteiger partial charge in [-0.2, -0.15) is 0 Å². The lowest BCUT2D eigenvalue weighted by Crippen LogP contribution is -1.92. The summed E-state index contributed by atoms with van der Waals surface area (Å²) in [6.07, 6.45) is 1.77. The molecule has 19 heavy (non-hydrogen) atoms. The van der Waals surface area contributed by atoms with Crippen LogP contribution in [-0.2, 0) is 0 Å². The minimum absolute atomic E-state index is 0.0318. The fraction of sp³-hybridized carbons (Fsp3) is 0. The summed E-state index contributed by atoms with van der Waals surface area (Å²) in [5, 5.41) is 4.06. The molecule has 3 aromatic heterocycles. The summed E-state index contributed by atoms with van der Waals surface area (Å²) in [5.41, 5.74) is 3.80. The van der Waals surface area contributed by atoms with Gasteiger partial charge in [0.2, 0.25) is 0 Å². The highest BCUT2D eigenvalue weighted by Crippen LogP contribution is 2.28. The Kier molecular flexibility index (Phi) is 2.10. The molecule has 0 amide bonds. The highest BCUT2D eigenvalue weighted by atomic mass is 32.1. The minimum atomic E-state index is -0.0318. The van der Waals surface area contributed by atoms with Gasteiger partial charge in [-0.1, -0.05) is 17.4 Å². The number of benzene rings is 1. The van der Waals surface area contributed by atoms with E-state index in [1.165, 1.54) is 11.3 Å². The van der Waals surface area contributed by atoms with Gasteiger partial charge in [0.1, 0.15) is 5.65 Å². The molecule has 92 valence electrons. The van der Waals surface area contributed by atoms with Crippen LogP contribution in [0.25, 0.3) is 33.2 Å². The third-order valence-electron chi connectivity index (χ3n) is 3.20. The fourth-order valence-electron chi connectivity index (χ4n) is 2.31. The Morgan fingerprint density at radius 2 is 2.05 bits per heavy atom. The van der Waals surface area contributed by atoms with Gasteiger partial charge in [0, 0.05) is 27.9 Å². The van der Waals surface area contributed by atoms with E-state index in [4.69, 9.17) is 0 Å². The fourth-order valence-corrected chi connectivity index (χ4v) is 2.90. The largest absolute Gasteiger partial charge is 0.339 e. The molecule has 0 spiro atoms. The van der Waals surface area contributed by atoms with Crippen LogP contribution in [0.3, 0.4) is 0 Å². The van der Waals surface area contributed by atoms with E-state index in [1.807, 2.05) is 29.6 Å². The molecule has 0 bridgehead atoms. The monoisotopic (exact) mass is 267 g/mol. The van der Waals surface area contributed by atoms with Crippen LogP contribution in [0.1, 0.15) is 0 Å². The summed E-state index contributed by atoms with van der Waals surface area (Å²) in [7, 11) is 0. The van der Waals surface area contributed by atoms with Crippen molar-refractivity contribution >= 4 is 33.3 Å². The maximum absolute atomic E-state index is 11.2.